The van der Waals surface area contributed by atoms with Gasteiger partial charge in [0, 0.05) is 29.9 Å². The lowest BCUT2D eigenvalue weighted by Crippen LogP contribution is -2.27. The fourth-order valence-corrected chi connectivity index (χ4v) is 3.91. The van der Waals surface area contributed by atoms with Gasteiger partial charge in [0.25, 0.3) is 0 Å². The molecule has 0 radical (unpaired) electrons. The van der Waals surface area contributed by atoms with Crippen LogP contribution in [0.25, 0.3) is 0 Å². The van der Waals surface area contributed by atoms with Crippen LogP contribution in [0.1, 0.15) is 50.7 Å². The summed E-state index contributed by atoms with van der Waals surface area (Å²) in [4.78, 5) is 7.43. The molecule has 0 amide bonds. The van der Waals surface area contributed by atoms with Crippen LogP contribution in [-0.2, 0) is 12.0 Å². The van der Waals surface area contributed by atoms with E-state index in [0.29, 0.717) is 0 Å². The Morgan fingerprint density at radius 3 is 2.80 bits per heavy atom. The zero-order valence-electron chi connectivity index (χ0n) is 13.0. The van der Waals surface area contributed by atoms with E-state index in [4.69, 9.17) is 4.98 Å². The molecule has 2 fully saturated rings. The van der Waals surface area contributed by atoms with Gasteiger partial charge in [-0.1, -0.05) is 20.8 Å². The Labute approximate surface area is 126 Å². The van der Waals surface area contributed by atoms with Crippen LogP contribution in [0.2, 0.25) is 0 Å². The van der Waals surface area contributed by atoms with E-state index in [2.05, 4.69) is 36.4 Å². The third-order valence-electron chi connectivity index (χ3n) is 4.41. The average Bonchev–Trinajstić information content (AvgIpc) is 2.93. The maximum Gasteiger partial charge on any atom is 0.107 e. The smallest absolute Gasteiger partial charge is 0.107 e. The zero-order chi connectivity index (χ0) is 14.2. The maximum absolute atomic E-state index is 4.74. The molecular formula is C16H27N3S. The lowest BCUT2D eigenvalue weighted by Gasteiger charge is -2.15. The van der Waals surface area contributed by atoms with Gasteiger partial charge in [-0.15, -0.1) is 11.3 Å². The third-order valence-corrected chi connectivity index (χ3v) is 5.26. The summed E-state index contributed by atoms with van der Waals surface area (Å²) in [7, 11) is 0. The van der Waals surface area contributed by atoms with E-state index in [0.717, 1.165) is 25.0 Å². The van der Waals surface area contributed by atoms with Crippen molar-refractivity contribution in [3.8, 4) is 0 Å². The number of aromatic nitrogens is 1. The molecule has 4 heteroatoms. The van der Waals surface area contributed by atoms with Gasteiger partial charge in [0.05, 0.1) is 5.69 Å². The van der Waals surface area contributed by atoms with Gasteiger partial charge in [0.2, 0.25) is 0 Å². The van der Waals surface area contributed by atoms with Crippen LogP contribution in [0.3, 0.4) is 0 Å². The third kappa shape index (κ3) is 3.60. The van der Waals surface area contributed by atoms with Gasteiger partial charge in [-0.25, -0.2) is 4.98 Å². The first-order valence-corrected chi connectivity index (χ1v) is 8.80. The fraction of sp³-hybridized carbons (Fsp3) is 0.812. The molecule has 1 unspecified atom stereocenters. The molecule has 112 valence electrons. The van der Waals surface area contributed by atoms with E-state index in [1.165, 1.54) is 43.1 Å². The monoisotopic (exact) mass is 293 g/mol. The van der Waals surface area contributed by atoms with Crippen molar-refractivity contribution in [3.05, 3.63) is 16.1 Å². The molecule has 1 saturated carbocycles. The summed E-state index contributed by atoms with van der Waals surface area (Å²) in [5.74, 6) is 0.845. The largest absolute Gasteiger partial charge is 0.310 e. The fourth-order valence-electron chi connectivity index (χ4n) is 2.92. The number of hydrogen-bond acceptors (Lipinski definition) is 4. The van der Waals surface area contributed by atoms with Crippen molar-refractivity contribution in [1.29, 1.82) is 0 Å². The predicted molar refractivity (Wildman–Crippen MR) is 85.2 cm³/mol. The molecule has 3 nitrogen and oxygen atoms in total. The summed E-state index contributed by atoms with van der Waals surface area (Å²) >= 11 is 1.79. The highest BCUT2D eigenvalue weighted by atomic mass is 32.1. The Morgan fingerprint density at radius 2 is 2.15 bits per heavy atom. The van der Waals surface area contributed by atoms with Gasteiger partial charge in [-0.05, 0) is 38.3 Å². The molecule has 3 rings (SSSR count). The zero-order valence-corrected chi connectivity index (χ0v) is 13.8. The highest BCUT2D eigenvalue weighted by molar-refractivity contribution is 7.09. The summed E-state index contributed by atoms with van der Waals surface area (Å²) < 4.78 is 0. The molecule has 1 aromatic heterocycles. The number of hydrogen-bond donors (Lipinski definition) is 1. The van der Waals surface area contributed by atoms with Crippen molar-refractivity contribution in [1.82, 2.24) is 15.2 Å². The SMILES string of the molecule is CC(C)(C)c1csc(CNCC2CCN(C3CC3)C2)n1. The predicted octanol–water partition coefficient (Wildman–Crippen LogP) is 3.01. The van der Waals surface area contributed by atoms with Gasteiger partial charge in [0.15, 0.2) is 0 Å². The van der Waals surface area contributed by atoms with Crippen molar-refractivity contribution in [2.24, 2.45) is 5.92 Å². The minimum atomic E-state index is 0.172. The van der Waals surface area contributed by atoms with Crippen LogP contribution < -0.4 is 5.32 Å². The molecule has 1 aliphatic carbocycles. The van der Waals surface area contributed by atoms with Crippen molar-refractivity contribution in [2.75, 3.05) is 19.6 Å². The van der Waals surface area contributed by atoms with E-state index >= 15 is 0 Å². The summed E-state index contributed by atoms with van der Waals surface area (Å²) in [6, 6.07) is 0.938. The second-order valence-electron chi connectivity index (χ2n) is 7.39. The normalized spacial score (nSPS) is 24.4. The maximum atomic E-state index is 4.74. The molecule has 2 aliphatic rings. The molecule has 1 N–H and O–H groups in total. The number of nitrogens with zero attached hydrogens (tertiary/aromatic N) is 2. The minimum absolute atomic E-state index is 0.172. The Morgan fingerprint density at radius 1 is 1.35 bits per heavy atom. The van der Waals surface area contributed by atoms with Gasteiger partial charge in [-0.2, -0.15) is 0 Å². The Balaban J connectivity index is 1.40. The molecule has 1 atom stereocenters. The van der Waals surface area contributed by atoms with Crippen LogP contribution in [0, 0.1) is 5.92 Å². The number of thiazole rings is 1. The van der Waals surface area contributed by atoms with Gasteiger partial charge >= 0.3 is 0 Å². The van der Waals surface area contributed by atoms with Crippen LogP contribution in [0.5, 0.6) is 0 Å². The lowest BCUT2D eigenvalue weighted by molar-refractivity contribution is 0.312. The standard InChI is InChI=1S/C16H27N3S/c1-16(2,3)14-11-20-15(18-14)9-17-8-12-6-7-19(10-12)13-4-5-13/h11-13,17H,4-10H2,1-3H3. The molecule has 1 aromatic rings. The molecule has 0 aromatic carbocycles. The highest BCUT2D eigenvalue weighted by Crippen LogP contribution is 2.31. The van der Waals surface area contributed by atoms with Crippen molar-refractivity contribution in [3.63, 3.8) is 0 Å². The molecule has 1 aliphatic heterocycles. The van der Waals surface area contributed by atoms with E-state index in [1.54, 1.807) is 11.3 Å². The molecule has 0 bridgehead atoms. The van der Waals surface area contributed by atoms with Crippen molar-refractivity contribution < 1.29 is 0 Å². The number of likely N-dealkylation sites (tertiary alicyclic amines) is 1. The van der Waals surface area contributed by atoms with Gasteiger partial charge in [0.1, 0.15) is 5.01 Å². The van der Waals surface area contributed by atoms with Gasteiger partial charge in [-0.3, -0.25) is 0 Å². The minimum Gasteiger partial charge on any atom is -0.310 e. The highest BCUT2D eigenvalue weighted by Gasteiger charge is 2.34. The van der Waals surface area contributed by atoms with Crippen molar-refractivity contribution in [2.45, 2.75) is 58.0 Å². The molecule has 0 spiro atoms. The van der Waals surface area contributed by atoms with Gasteiger partial charge < -0.3 is 10.2 Å². The molecular weight excluding hydrogens is 266 g/mol. The quantitative estimate of drug-likeness (QED) is 0.904. The topological polar surface area (TPSA) is 28.2 Å². The van der Waals surface area contributed by atoms with Crippen LogP contribution in [0.4, 0.5) is 0 Å². The van der Waals surface area contributed by atoms with Crippen molar-refractivity contribution >= 4 is 11.3 Å². The first kappa shape index (κ1) is 14.5. The second-order valence-corrected chi connectivity index (χ2v) is 8.33. The number of nitrogens with one attached hydrogen (secondary N) is 1. The summed E-state index contributed by atoms with van der Waals surface area (Å²) in [6.45, 7) is 11.4. The van der Waals surface area contributed by atoms with E-state index in [9.17, 15) is 0 Å². The second kappa shape index (κ2) is 5.74. The Bertz CT molecular complexity index is 445. The number of rotatable bonds is 5. The average molecular weight is 293 g/mol. The Kier molecular flexibility index (Phi) is 4.16. The van der Waals surface area contributed by atoms with E-state index < -0.39 is 0 Å². The molecule has 20 heavy (non-hydrogen) atoms. The summed E-state index contributed by atoms with van der Waals surface area (Å²) in [6.07, 6.45) is 4.25. The molecule has 1 saturated heterocycles. The van der Waals surface area contributed by atoms with Crippen LogP contribution >= 0.6 is 11.3 Å². The summed E-state index contributed by atoms with van der Waals surface area (Å²) in [5, 5.41) is 7.05. The van der Waals surface area contributed by atoms with E-state index in [-0.39, 0.29) is 5.41 Å². The molecule has 2 heterocycles. The first-order chi connectivity index (χ1) is 9.52. The van der Waals surface area contributed by atoms with Crippen LogP contribution in [-0.4, -0.2) is 35.6 Å². The first-order valence-electron chi connectivity index (χ1n) is 7.92. The van der Waals surface area contributed by atoms with Crippen LogP contribution in [0.15, 0.2) is 5.38 Å². The summed E-state index contributed by atoms with van der Waals surface area (Å²) in [5.41, 5.74) is 1.39. The van der Waals surface area contributed by atoms with E-state index in [1.807, 2.05) is 0 Å². The Hall–Kier alpha value is -0.450. The lowest BCUT2D eigenvalue weighted by atomic mass is 9.93.